The highest BCUT2D eigenvalue weighted by Crippen LogP contribution is 2.13. The van der Waals surface area contributed by atoms with E-state index in [1.807, 2.05) is 13.8 Å². The first-order valence-corrected chi connectivity index (χ1v) is 5.75. The van der Waals surface area contributed by atoms with E-state index in [9.17, 15) is 9.59 Å². The van der Waals surface area contributed by atoms with Crippen LogP contribution in [-0.2, 0) is 19.1 Å². The van der Waals surface area contributed by atoms with Crippen LogP contribution in [0.15, 0.2) is 0 Å². The fraction of sp³-hybridized carbons (Fsp3) is 0.818. The van der Waals surface area contributed by atoms with Gasteiger partial charge >= 0.3 is 0 Å². The lowest BCUT2D eigenvalue weighted by atomic mass is 10.1. The molecule has 5 heteroatoms. The maximum Gasteiger partial charge on any atom is 0.229 e. The van der Waals surface area contributed by atoms with Gasteiger partial charge in [0, 0.05) is 26.1 Å². The third kappa shape index (κ3) is 3.57. The van der Waals surface area contributed by atoms with Crippen LogP contribution in [-0.4, -0.2) is 42.8 Å². The summed E-state index contributed by atoms with van der Waals surface area (Å²) in [6.07, 6.45) is 1.04. The number of hydrogen-bond donors (Lipinski definition) is 0. The number of amides is 2. The zero-order chi connectivity index (χ0) is 12.0. The Morgan fingerprint density at radius 3 is 2.06 bits per heavy atom. The summed E-state index contributed by atoms with van der Waals surface area (Å²) in [4.78, 5) is 24.3. The molecule has 2 amide bonds. The highest BCUT2D eigenvalue weighted by atomic mass is 16.7. The quantitative estimate of drug-likeness (QED) is 0.502. The Morgan fingerprint density at radius 2 is 1.62 bits per heavy atom. The van der Waals surface area contributed by atoms with Gasteiger partial charge in [0.05, 0.1) is 6.54 Å². The summed E-state index contributed by atoms with van der Waals surface area (Å²) in [7, 11) is 0. The molecule has 16 heavy (non-hydrogen) atoms. The van der Waals surface area contributed by atoms with Crippen LogP contribution in [0.5, 0.6) is 0 Å². The van der Waals surface area contributed by atoms with Crippen LogP contribution in [0.3, 0.4) is 0 Å². The molecule has 0 aromatic rings. The second kappa shape index (κ2) is 6.60. The monoisotopic (exact) mass is 229 g/mol. The highest BCUT2D eigenvalue weighted by Gasteiger charge is 2.28. The van der Waals surface area contributed by atoms with Crippen molar-refractivity contribution in [2.45, 2.75) is 39.4 Å². The van der Waals surface area contributed by atoms with Crippen LogP contribution in [0.4, 0.5) is 0 Å². The lowest BCUT2D eigenvalue weighted by molar-refractivity contribution is -0.169. The van der Waals surface area contributed by atoms with Crippen molar-refractivity contribution in [2.75, 3.05) is 19.8 Å². The van der Waals surface area contributed by atoms with Crippen molar-refractivity contribution < 1.29 is 19.1 Å². The van der Waals surface area contributed by atoms with Crippen LogP contribution in [0.1, 0.15) is 33.1 Å². The maximum absolute atomic E-state index is 11.5. The summed E-state index contributed by atoms with van der Waals surface area (Å²) in [5.41, 5.74) is 0. The molecule has 5 nitrogen and oxygen atoms in total. The van der Waals surface area contributed by atoms with Crippen molar-refractivity contribution in [1.82, 2.24) is 4.90 Å². The second-order valence-electron chi connectivity index (χ2n) is 3.59. The molecular weight excluding hydrogens is 210 g/mol. The molecule has 1 fully saturated rings. The number of ether oxygens (including phenoxy) is 2. The number of imide groups is 1. The third-order valence-corrected chi connectivity index (χ3v) is 2.42. The fourth-order valence-electron chi connectivity index (χ4n) is 1.68. The topological polar surface area (TPSA) is 55.8 Å². The van der Waals surface area contributed by atoms with E-state index < -0.39 is 6.29 Å². The summed E-state index contributed by atoms with van der Waals surface area (Å²) in [6, 6.07) is 0. The van der Waals surface area contributed by atoms with Crippen LogP contribution in [0, 0.1) is 0 Å². The van der Waals surface area contributed by atoms with Gasteiger partial charge in [-0.05, 0) is 20.3 Å². The van der Waals surface area contributed by atoms with Gasteiger partial charge < -0.3 is 9.47 Å². The number of nitrogens with zero attached hydrogens (tertiary/aromatic N) is 1. The standard InChI is InChI=1S/C11H19NO4/c1-3-15-11(16-4-2)8-12-9(13)6-5-7-10(12)14/h11H,3-8H2,1-2H3. The smallest absolute Gasteiger partial charge is 0.229 e. The average Bonchev–Trinajstić information content (AvgIpc) is 2.24. The summed E-state index contributed by atoms with van der Waals surface area (Å²) in [5.74, 6) is -0.249. The van der Waals surface area contributed by atoms with Crippen molar-refractivity contribution >= 4 is 11.8 Å². The first-order chi connectivity index (χ1) is 7.69. The molecule has 92 valence electrons. The Morgan fingerprint density at radius 1 is 1.12 bits per heavy atom. The van der Waals surface area contributed by atoms with Crippen molar-refractivity contribution in [1.29, 1.82) is 0 Å². The predicted octanol–water partition coefficient (Wildman–Crippen LogP) is 0.925. The van der Waals surface area contributed by atoms with Gasteiger partial charge in [-0.3, -0.25) is 14.5 Å². The Labute approximate surface area is 95.7 Å². The molecule has 1 rings (SSSR count). The Hall–Kier alpha value is -0.940. The summed E-state index contributed by atoms with van der Waals surface area (Å²) >= 11 is 0. The molecule has 0 spiro atoms. The maximum atomic E-state index is 11.5. The summed E-state index contributed by atoms with van der Waals surface area (Å²) in [6.45, 7) is 4.92. The van der Waals surface area contributed by atoms with E-state index in [0.717, 1.165) is 0 Å². The molecule has 0 aromatic heterocycles. The van der Waals surface area contributed by atoms with E-state index >= 15 is 0 Å². The minimum Gasteiger partial charge on any atom is -0.351 e. The van der Waals surface area contributed by atoms with Gasteiger partial charge in [0.2, 0.25) is 11.8 Å². The minimum atomic E-state index is -0.499. The van der Waals surface area contributed by atoms with Crippen LogP contribution in [0.2, 0.25) is 0 Å². The number of likely N-dealkylation sites (tertiary alicyclic amines) is 1. The Bertz CT molecular complexity index is 232. The number of rotatable bonds is 6. The molecule has 1 heterocycles. The van der Waals surface area contributed by atoms with E-state index in [2.05, 4.69) is 0 Å². The SMILES string of the molecule is CCOC(CN1C(=O)CCCC1=O)OCC. The molecule has 1 aliphatic heterocycles. The van der Waals surface area contributed by atoms with E-state index in [4.69, 9.17) is 9.47 Å². The van der Waals surface area contributed by atoms with Crippen molar-refractivity contribution in [3.05, 3.63) is 0 Å². The Kier molecular flexibility index (Phi) is 5.42. The van der Waals surface area contributed by atoms with Crippen molar-refractivity contribution in [3.8, 4) is 0 Å². The van der Waals surface area contributed by atoms with Gasteiger partial charge in [-0.15, -0.1) is 0 Å². The molecule has 0 aromatic carbocycles. The Balaban J connectivity index is 2.53. The molecule has 0 radical (unpaired) electrons. The molecule has 0 aliphatic carbocycles. The first-order valence-electron chi connectivity index (χ1n) is 5.75. The number of carbonyl (C=O) groups excluding carboxylic acids is 2. The molecule has 0 saturated carbocycles. The normalized spacial score (nSPS) is 17.3. The van der Waals surface area contributed by atoms with Gasteiger partial charge in [-0.2, -0.15) is 0 Å². The zero-order valence-electron chi connectivity index (χ0n) is 9.90. The summed E-state index contributed by atoms with van der Waals surface area (Å²) in [5, 5.41) is 0. The molecule has 0 atom stereocenters. The van der Waals surface area contributed by atoms with E-state index in [1.54, 1.807) is 0 Å². The molecule has 0 unspecified atom stereocenters. The second-order valence-corrected chi connectivity index (χ2v) is 3.59. The predicted molar refractivity (Wildman–Crippen MR) is 57.6 cm³/mol. The van der Waals surface area contributed by atoms with E-state index in [-0.39, 0.29) is 18.4 Å². The highest BCUT2D eigenvalue weighted by molar-refractivity contribution is 5.97. The van der Waals surface area contributed by atoms with Crippen molar-refractivity contribution in [3.63, 3.8) is 0 Å². The minimum absolute atomic E-state index is 0.124. The van der Waals surface area contributed by atoms with Gasteiger partial charge in [0.25, 0.3) is 0 Å². The van der Waals surface area contributed by atoms with E-state index in [0.29, 0.717) is 32.5 Å². The molecule has 0 N–H and O–H groups in total. The number of piperidine rings is 1. The summed E-state index contributed by atoms with van der Waals surface area (Å²) < 4.78 is 10.6. The largest absolute Gasteiger partial charge is 0.351 e. The van der Waals surface area contributed by atoms with Crippen LogP contribution < -0.4 is 0 Å². The zero-order valence-corrected chi connectivity index (χ0v) is 9.90. The van der Waals surface area contributed by atoms with Gasteiger partial charge in [0.15, 0.2) is 6.29 Å². The average molecular weight is 229 g/mol. The lowest BCUT2D eigenvalue weighted by Crippen LogP contribution is -2.45. The van der Waals surface area contributed by atoms with E-state index in [1.165, 1.54) is 4.90 Å². The molecule has 1 saturated heterocycles. The van der Waals surface area contributed by atoms with Gasteiger partial charge in [-0.1, -0.05) is 0 Å². The molecule has 0 bridgehead atoms. The molecular formula is C11H19NO4. The third-order valence-electron chi connectivity index (χ3n) is 2.42. The van der Waals surface area contributed by atoms with Gasteiger partial charge in [-0.25, -0.2) is 0 Å². The van der Waals surface area contributed by atoms with Crippen LogP contribution in [0.25, 0.3) is 0 Å². The first kappa shape index (κ1) is 13.1. The van der Waals surface area contributed by atoms with Crippen molar-refractivity contribution in [2.24, 2.45) is 0 Å². The number of carbonyl (C=O) groups is 2. The fourth-order valence-corrected chi connectivity index (χ4v) is 1.68. The molecule has 1 aliphatic rings. The van der Waals surface area contributed by atoms with Gasteiger partial charge in [0.1, 0.15) is 0 Å². The van der Waals surface area contributed by atoms with Crippen LogP contribution >= 0.6 is 0 Å². The number of hydrogen-bond acceptors (Lipinski definition) is 4. The lowest BCUT2D eigenvalue weighted by Gasteiger charge is -2.28.